The highest BCUT2D eigenvalue weighted by Gasteiger charge is 2.06. The molecule has 0 aliphatic heterocycles. The topological polar surface area (TPSA) is 29.9 Å². The molecular formula is C11H19N3. The zero-order valence-corrected chi connectivity index (χ0v) is 9.20. The normalized spacial score (nSPS) is 13.1. The highest BCUT2D eigenvalue weighted by Crippen LogP contribution is 2.03. The number of hydrogen-bond donors (Lipinski definition) is 1. The Morgan fingerprint density at radius 1 is 1.57 bits per heavy atom. The van der Waals surface area contributed by atoms with Crippen molar-refractivity contribution in [2.45, 2.75) is 33.4 Å². The molecule has 0 radical (unpaired) electrons. The molecule has 0 amide bonds. The molecule has 1 rings (SSSR count). The second-order valence-electron chi connectivity index (χ2n) is 3.92. The molecule has 0 aliphatic carbocycles. The van der Waals surface area contributed by atoms with Crippen molar-refractivity contribution in [3.8, 4) is 0 Å². The van der Waals surface area contributed by atoms with E-state index in [4.69, 9.17) is 0 Å². The first-order valence-corrected chi connectivity index (χ1v) is 5.02. The fourth-order valence-electron chi connectivity index (χ4n) is 1.08. The Hall–Kier alpha value is -1.09. The summed E-state index contributed by atoms with van der Waals surface area (Å²) in [5, 5.41) is 7.56. The van der Waals surface area contributed by atoms with Crippen LogP contribution in [-0.2, 0) is 6.54 Å². The van der Waals surface area contributed by atoms with Crippen LogP contribution >= 0.6 is 0 Å². The highest BCUT2D eigenvalue weighted by molar-refractivity contribution is 5.17. The average molecular weight is 193 g/mol. The van der Waals surface area contributed by atoms with Gasteiger partial charge in [-0.2, -0.15) is 5.10 Å². The summed E-state index contributed by atoms with van der Waals surface area (Å²) in [6, 6.07) is 0.530. The van der Waals surface area contributed by atoms with Crippen LogP contribution in [0, 0.1) is 5.92 Å². The molecule has 1 aromatic heterocycles. The van der Waals surface area contributed by atoms with Crippen molar-refractivity contribution in [2.24, 2.45) is 5.92 Å². The molecule has 1 atom stereocenters. The second kappa shape index (κ2) is 4.96. The lowest BCUT2D eigenvalue weighted by molar-refractivity contribution is 0.426. The molecule has 1 unspecified atom stereocenters. The Labute approximate surface area is 85.8 Å². The van der Waals surface area contributed by atoms with Crippen LogP contribution in [0.5, 0.6) is 0 Å². The SMILES string of the molecule is C=Cn1cc(CNC(C)C(C)C)cn1. The van der Waals surface area contributed by atoms with Crippen LogP contribution < -0.4 is 5.32 Å². The molecule has 0 bridgehead atoms. The molecule has 1 N–H and O–H groups in total. The Morgan fingerprint density at radius 2 is 2.29 bits per heavy atom. The molecule has 0 aromatic carbocycles. The largest absolute Gasteiger partial charge is 0.310 e. The fraction of sp³-hybridized carbons (Fsp3) is 0.545. The van der Waals surface area contributed by atoms with E-state index in [1.807, 2.05) is 12.4 Å². The van der Waals surface area contributed by atoms with Crippen molar-refractivity contribution < 1.29 is 0 Å². The van der Waals surface area contributed by atoms with Gasteiger partial charge in [-0.3, -0.25) is 0 Å². The van der Waals surface area contributed by atoms with Crippen molar-refractivity contribution >= 4 is 6.20 Å². The Bertz CT molecular complexity index is 288. The molecule has 0 fully saturated rings. The molecule has 0 spiro atoms. The van der Waals surface area contributed by atoms with E-state index in [1.165, 1.54) is 5.56 Å². The Kier molecular flexibility index (Phi) is 3.89. The van der Waals surface area contributed by atoms with Gasteiger partial charge in [0.2, 0.25) is 0 Å². The van der Waals surface area contributed by atoms with Crippen LogP contribution in [0.3, 0.4) is 0 Å². The third kappa shape index (κ3) is 3.00. The van der Waals surface area contributed by atoms with Crippen LogP contribution in [0.2, 0.25) is 0 Å². The lowest BCUT2D eigenvalue weighted by Crippen LogP contribution is -2.29. The van der Waals surface area contributed by atoms with E-state index in [0.717, 1.165) is 6.54 Å². The van der Waals surface area contributed by atoms with E-state index >= 15 is 0 Å². The van der Waals surface area contributed by atoms with Crippen molar-refractivity contribution in [1.82, 2.24) is 15.1 Å². The van der Waals surface area contributed by atoms with Gasteiger partial charge in [0, 0.05) is 30.5 Å². The van der Waals surface area contributed by atoms with Gasteiger partial charge in [-0.1, -0.05) is 20.4 Å². The first-order chi connectivity index (χ1) is 6.63. The summed E-state index contributed by atoms with van der Waals surface area (Å²) in [5.41, 5.74) is 1.19. The number of hydrogen-bond acceptors (Lipinski definition) is 2. The molecule has 1 aromatic rings. The van der Waals surface area contributed by atoms with E-state index in [-0.39, 0.29) is 0 Å². The zero-order valence-electron chi connectivity index (χ0n) is 9.20. The van der Waals surface area contributed by atoms with Gasteiger partial charge in [-0.05, 0) is 12.8 Å². The number of rotatable bonds is 5. The maximum Gasteiger partial charge on any atom is 0.0538 e. The quantitative estimate of drug-likeness (QED) is 0.776. The monoisotopic (exact) mass is 193 g/mol. The molecule has 0 aliphatic rings. The number of nitrogens with zero attached hydrogens (tertiary/aromatic N) is 2. The zero-order chi connectivity index (χ0) is 10.6. The summed E-state index contributed by atoms with van der Waals surface area (Å²) in [4.78, 5) is 0. The first kappa shape index (κ1) is 11.0. The third-order valence-electron chi connectivity index (χ3n) is 2.47. The van der Waals surface area contributed by atoms with Gasteiger partial charge in [0.15, 0.2) is 0 Å². The molecule has 14 heavy (non-hydrogen) atoms. The summed E-state index contributed by atoms with van der Waals surface area (Å²) >= 11 is 0. The van der Waals surface area contributed by atoms with Crippen molar-refractivity contribution in [2.75, 3.05) is 0 Å². The fourth-order valence-corrected chi connectivity index (χ4v) is 1.08. The van der Waals surface area contributed by atoms with E-state index in [2.05, 4.69) is 37.8 Å². The van der Waals surface area contributed by atoms with Crippen LogP contribution in [0.4, 0.5) is 0 Å². The molecule has 0 saturated carbocycles. The number of nitrogens with one attached hydrogen (secondary N) is 1. The van der Waals surface area contributed by atoms with Crippen LogP contribution in [0.25, 0.3) is 6.20 Å². The first-order valence-electron chi connectivity index (χ1n) is 5.02. The Morgan fingerprint density at radius 3 is 2.79 bits per heavy atom. The summed E-state index contributed by atoms with van der Waals surface area (Å²) in [6.07, 6.45) is 5.53. The molecule has 0 saturated heterocycles. The summed E-state index contributed by atoms with van der Waals surface area (Å²) in [5.74, 6) is 0.657. The van der Waals surface area contributed by atoms with E-state index in [9.17, 15) is 0 Å². The summed E-state index contributed by atoms with van der Waals surface area (Å²) in [7, 11) is 0. The van der Waals surface area contributed by atoms with Crippen LogP contribution in [0.1, 0.15) is 26.3 Å². The molecule has 78 valence electrons. The number of aromatic nitrogens is 2. The van der Waals surface area contributed by atoms with Gasteiger partial charge >= 0.3 is 0 Å². The van der Waals surface area contributed by atoms with Gasteiger partial charge in [-0.25, -0.2) is 4.68 Å². The van der Waals surface area contributed by atoms with Crippen LogP contribution in [0.15, 0.2) is 19.0 Å². The van der Waals surface area contributed by atoms with E-state index in [0.29, 0.717) is 12.0 Å². The minimum absolute atomic E-state index is 0.530. The van der Waals surface area contributed by atoms with Crippen LogP contribution in [-0.4, -0.2) is 15.8 Å². The summed E-state index contributed by atoms with van der Waals surface area (Å²) in [6.45, 7) is 11.1. The van der Waals surface area contributed by atoms with Gasteiger partial charge < -0.3 is 5.32 Å². The lowest BCUT2D eigenvalue weighted by Gasteiger charge is -2.16. The highest BCUT2D eigenvalue weighted by atomic mass is 15.2. The van der Waals surface area contributed by atoms with Crippen molar-refractivity contribution in [3.63, 3.8) is 0 Å². The van der Waals surface area contributed by atoms with Gasteiger partial charge in [0.05, 0.1) is 6.20 Å². The second-order valence-corrected chi connectivity index (χ2v) is 3.92. The summed E-state index contributed by atoms with van der Waals surface area (Å²) < 4.78 is 1.72. The molecule has 3 heteroatoms. The third-order valence-corrected chi connectivity index (χ3v) is 2.47. The Balaban J connectivity index is 2.41. The van der Waals surface area contributed by atoms with Crippen molar-refractivity contribution in [3.05, 3.63) is 24.5 Å². The van der Waals surface area contributed by atoms with Gasteiger partial charge in [-0.15, -0.1) is 0 Å². The minimum atomic E-state index is 0.530. The van der Waals surface area contributed by atoms with Crippen molar-refractivity contribution in [1.29, 1.82) is 0 Å². The smallest absolute Gasteiger partial charge is 0.0538 e. The minimum Gasteiger partial charge on any atom is -0.310 e. The standard InChI is InChI=1S/C11H19N3/c1-5-14-8-11(7-13-14)6-12-10(4)9(2)3/h5,7-10,12H,1,6H2,2-4H3. The lowest BCUT2D eigenvalue weighted by atomic mass is 10.1. The van der Waals surface area contributed by atoms with Gasteiger partial charge in [0.25, 0.3) is 0 Å². The molecule has 1 heterocycles. The maximum atomic E-state index is 4.12. The molecule has 3 nitrogen and oxygen atoms in total. The van der Waals surface area contributed by atoms with Gasteiger partial charge in [0.1, 0.15) is 0 Å². The molecular weight excluding hydrogens is 174 g/mol. The van der Waals surface area contributed by atoms with E-state index in [1.54, 1.807) is 10.9 Å². The average Bonchev–Trinajstić information content (AvgIpc) is 2.61. The maximum absolute atomic E-state index is 4.12. The predicted molar refractivity (Wildman–Crippen MR) is 59.8 cm³/mol. The predicted octanol–water partition coefficient (Wildman–Crippen LogP) is 2.12. The van der Waals surface area contributed by atoms with E-state index < -0.39 is 0 Å².